The number of benzene rings is 2. The number of ether oxygens (including phenoxy) is 4. The lowest BCUT2D eigenvalue weighted by atomic mass is 9.98. The molecule has 2 aliphatic heterocycles. The van der Waals surface area contributed by atoms with Crippen LogP contribution in [0, 0.1) is 0 Å². The number of aliphatic hydroxyl groups is 6. The van der Waals surface area contributed by atoms with Crippen molar-refractivity contribution in [2.45, 2.75) is 55.3 Å². The maximum Gasteiger partial charge on any atom is 0.229 e. The SMILES string of the molecule is O=c1cc(-c2ccc(O)cc2)oc2c(O)c(O[C@@H]3O[C@H](CO)[C@@H](O)[C@H](O)[C@H]3O[C@@H]3OC[C@@H](O)[C@H](O)[C@H]3O)cc(O)c12. The van der Waals surface area contributed by atoms with E-state index in [4.69, 9.17) is 23.4 Å². The third-order valence-electron chi connectivity index (χ3n) is 6.89. The summed E-state index contributed by atoms with van der Waals surface area (Å²) in [5.74, 6) is -2.02. The van der Waals surface area contributed by atoms with E-state index in [1.807, 2.05) is 0 Å². The molecule has 2 fully saturated rings. The molecule has 0 aliphatic carbocycles. The summed E-state index contributed by atoms with van der Waals surface area (Å²) in [5.41, 5.74) is -0.838. The predicted octanol–water partition coefficient (Wildman–Crippen LogP) is -1.78. The van der Waals surface area contributed by atoms with E-state index in [0.717, 1.165) is 12.1 Å². The van der Waals surface area contributed by atoms with Gasteiger partial charge in [-0.05, 0) is 24.3 Å². The van der Waals surface area contributed by atoms with Crippen molar-refractivity contribution in [3.63, 3.8) is 0 Å². The number of fused-ring (bicyclic) bond motifs is 1. The highest BCUT2D eigenvalue weighted by molar-refractivity contribution is 5.91. The molecule has 2 aliphatic rings. The van der Waals surface area contributed by atoms with Crippen LogP contribution in [0.5, 0.6) is 23.0 Å². The van der Waals surface area contributed by atoms with Crippen LogP contribution in [0.4, 0.5) is 0 Å². The molecule has 0 spiro atoms. The summed E-state index contributed by atoms with van der Waals surface area (Å²) >= 11 is 0. The number of phenolic OH excluding ortho intramolecular Hbond substituents is 3. The van der Waals surface area contributed by atoms with Gasteiger partial charge in [0.05, 0.1) is 13.2 Å². The average molecular weight is 580 g/mol. The molecule has 5 rings (SSSR count). The zero-order valence-corrected chi connectivity index (χ0v) is 21.0. The highest BCUT2D eigenvalue weighted by atomic mass is 16.8. The van der Waals surface area contributed by atoms with Crippen LogP contribution in [-0.2, 0) is 14.2 Å². The summed E-state index contributed by atoms with van der Waals surface area (Å²) in [6, 6.07) is 7.54. The summed E-state index contributed by atoms with van der Waals surface area (Å²) in [6.07, 6.45) is -14.9. The second-order valence-corrected chi connectivity index (χ2v) is 9.64. The Hall–Kier alpha value is -3.51. The summed E-state index contributed by atoms with van der Waals surface area (Å²) < 4.78 is 27.7. The van der Waals surface area contributed by atoms with Crippen LogP contribution < -0.4 is 10.2 Å². The zero-order chi connectivity index (χ0) is 29.6. The minimum Gasteiger partial charge on any atom is -0.508 e. The van der Waals surface area contributed by atoms with Gasteiger partial charge in [0.15, 0.2) is 29.2 Å². The van der Waals surface area contributed by atoms with E-state index in [1.54, 1.807) is 0 Å². The van der Waals surface area contributed by atoms with Gasteiger partial charge in [-0.15, -0.1) is 0 Å². The molecular formula is C26H28O15. The quantitative estimate of drug-likeness (QED) is 0.146. The standard InChI is InChI=1S/C26H28O15/c27-7-16-19(33)21(35)24(41-25-22(36)18(32)13(31)8-37-25)26(40-16)39-15-6-12(30)17-11(29)5-14(38-23(17)20(15)34)9-1-3-10(28)4-2-9/h1-6,13,16,18-19,21-22,24-28,30-36H,7-8H2/t13-,16-,18+,19-,21+,22-,24-,25+,26-/m1/s1. The molecule has 0 bridgehead atoms. The Morgan fingerprint density at radius 3 is 2.27 bits per heavy atom. The first-order valence-corrected chi connectivity index (χ1v) is 12.4. The fraction of sp³-hybridized carbons (Fsp3) is 0.423. The Balaban J connectivity index is 1.51. The Morgan fingerprint density at radius 1 is 0.878 bits per heavy atom. The molecule has 3 aromatic rings. The van der Waals surface area contributed by atoms with Crippen LogP contribution in [-0.4, -0.2) is 114 Å². The monoisotopic (exact) mass is 580 g/mol. The van der Waals surface area contributed by atoms with E-state index < -0.39 is 96.8 Å². The van der Waals surface area contributed by atoms with E-state index in [2.05, 4.69) is 0 Å². The molecule has 0 amide bonds. The van der Waals surface area contributed by atoms with Crippen molar-refractivity contribution in [3.8, 4) is 34.3 Å². The van der Waals surface area contributed by atoms with Crippen molar-refractivity contribution < 1.29 is 69.3 Å². The summed E-state index contributed by atoms with van der Waals surface area (Å²) in [5, 5.41) is 91.5. The van der Waals surface area contributed by atoms with Crippen LogP contribution in [0.2, 0.25) is 0 Å². The normalized spacial score (nSPS) is 32.2. The summed E-state index contributed by atoms with van der Waals surface area (Å²) in [7, 11) is 0. The topological polar surface area (TPSA) is 249 Å². The largest absolute Gasteiger partial charge is 0.508 e. The van der Waals surface area contributed by atoms with Gasteiger partial charge in [-0.2, -0.15) is 0 Å². The molecule has 222 valence electrons. The maximum absolute atomic E-state index is 12.8. The fourth-order valence-electron chi connectivity index (χ4n) is 4.61. The Kier molecular flexibility index (Phi) is 8.06. The molecule has 9 atom stereocenters. The van der Waals surface area contributed by atoms with E-state index in [9.17, 15) is 50.8 Å². The number of rotatable bonds is 6. The van der Waals surface area contributed by atoms with Gasteiger partial charge in [0.1, 0.15) is 59.3 Å². The Bertz CT molecular complexity index is 1440. The molecule has 2 saturated heterocycles. The van der Waals surface area contributed by atoms with Crippen LogP contribution in [0.25, 0.3) is 22.3 Å². The van der Waals surface area contributed by atoms with Crippen molar-refractivity contribution in [1.29, 1.82) is 0 Å². The van der Waals surface area contributed by atoms with Crippen LogP contribution in [0.3, 0.4) is 0 Å². The smallest absolute Gasteiger partial charge is 0.229 e. The molecule has 3 heterocycles. The molecule has 41 heavy (non-hydrogen) atoms. The van der Waals surface area contributed by atoms with Gasteiger partial charge >= 0.3 is 0 Å². The van der Waals surface area contributed by atoms with E-state index >= 15 is 0 Å². The van der Waals surface area contributed by atoms with Gasteiger partial charge in [0.25, 0.3) is 0 Å². The van der Waals surface area contributed by atoms with Gasteiger partial charge in [-0.1, -0.05) is 0 Å². The molecular weight excluding hydrogens is 552 g/mol. The molecule has 9 N–H and O–H groups in total. The molecule has 0 saturated carbocycles. The van der Waals surface area contributed by atoms with E-state index in [0.29, 0.717) is 5.56 Å². The lowest BCUT2D eigenvalue weighted by Crippen LogP contribution is -2.63. The molecule has 15 nitrogen and oxygen atoms in total. The van der Waals surface area contributed by atoms with Gasteiger partial charge in [-0.3, -0.25) is 4.79 Å². The first kappa shape index (κ1) is 29.0. The maximum atomic E-state index is 12.8. The number of phenols is 3. The predicted molar refractivity (Wildman–Crippen MR) is 134 cm³/mol. The van der Waals surface area contributed by atoms with Crippen LogP contribution >= 0.6 is 0 Å². The lowest BCUT2D eigenvalue weighted by Gasteiger charge is -2.44. The molecule has 15 heteroatoms. The summed E-state index contributed by atoms with van der Waals surface area (Å²) in [4.78, 5) is 12.8. The minimum atomic E-state index is -1.83. The summed E-state index contributed by atoms with van der Waals surface area (Å²) in [6.45, 7) is -1.22. The van der Waals surface area contributed by atoms with E-state index in [1.165, 1.54) is 24.3 Å². The van der Waals surface area contributed by atoms with Crippen molar-refractivity contribution in [3.05, 3.63) is 46.6 Å². The molecule has 0 unspecified atom stereocenters. The highest BCUT2D eigenvalue weighted by Crippen LogP contribution is 2.42. The zero-order valence-electron chi connectivity index (χ0n) is 21.0. The second-order valence-electron chi connectivity index (χ2n) is 9.64. The minimum absolute atomic E-state index is 0.0208. The number of hydrogen-bond donors (Lipinski definition) is 9. The molecule has 2 aromatic carbocycles. The number of aliphatic hydroxyl groups excluding tert-OH is 6. The van der Waals surface area contributed by atoms with Crippen molar-refractivity contribution in [1.82, 2.24) is 0 Å². The second kappa shape index (κ2) is 11.4. The number of aromatic hydroxyl groups is 3. The van der Waals surface area contributed by atoms with Crippen molar-refractivity contribution in [2.75, 3.05) is 13.2 Å². The Morgan fingerprint density at radius 2 is 1.59 bits per heavy atom. The average Bonchev–Trinajstić information content (AvgIpc) is 2.95. The third-order valence-corrected chi connectivity index (χ3v) is 6.89. The van der Waals surface area contributed by atoms with Gasteiger partial charge in [0, 0.05) is 17.7 Å². The lowest BCUT2D eigenvalue weighted by molar-refractivity contribution is -0.345. The van der Waals surface area contributed by atoms with Gasteiger partial charge < -0.3 is 69.3 Å². The molecule has 1 aromatic heterocycles. The first-order valence-electron chi connectivity index (χ1n) is 12.4. The van der Waals surface area contributed by atoms with Gasteiger partial charge in [0.2, 0.25) is 12.0 Å². The Labute approximate surface area is 230 Å². The van der Waals surface area contributed by atoms with E-state index in [-0.39, 0.29) is 16.9 Å². The van der Waals surface area contributed by atoms with Gasteiger partial charge in [-0.25, -0.2) is 0 Å². The first-order chi connectivity index (χ1) is 19.5. The van der Waals surface area contributed by atoms with Crippen molar-refractivity contribution >= 4 is 11.0 Å². The highest BCUT2D eigenvalue weighted by Gasteiger charge is 2.50. The molecule has 0 radical (unpaired) electrons. The number of hydrogen-bond acceptors (Lipinski definition) is 15. The van der Waals surface area contributed by atoms with Crippen LogP contribution in [0.1, 0.15) is 0 Å². The van der Waals surface area contributed by atoms with Crippen LogP contribution in [0.15, 0.2) is 45.6 Å². The fourth-order valence-corrected chi connectivity index (χ4v) is 4.61. The third kappa shape index (κ3) is 5.42. The van der Waals surface area contributed by atoms with Crippen molar-refractivity contribution in [2.24, 2.45) is 0 Å².